The summed E-state index contributed by atoms with van der Waals surface area (Å²) in [6, 6.07) is 24.7. The lowest BCUT2D eigenvalue weighted by Crippen LogP contribution is -2.37. The maximum atomic E-state index is 13.8. The lowest BCUT2D eigenvalue weighted by Gasteiger charge is -2.28. The number of rotatable bonds is 4. The summed E-state index contributed by atoms with van der Waals surface area (Å²) in [7, 11) is 0. The van der Waals surface area contributed by atoms with Crippen LogP contribution in [0.15, 0.2) is 89.7 Å². The van der Waals surface area contributed by atoms with E-state index in [9.17, 15) is 14.4 Å². The molecule has 0 bridgehead atoms. The predicted octanol–water partition coefficient (Wildman–Crippen LogP) is 4.91. The molecule has 7 nitrogen and oxygen atoms in total. The maximum Gasteiger partial charge on any atom is 0.313 e. The molecule has 3 atom stereocenters. The van der Waals surface area contributed by atoms with Crippen molar-refractivity contribution in [3.63, 3.8) is 0 Å². The van der Waals surface area contributed by atoms with Crippen molar-refractivity contribution in [3.8, 4) is 5.69 Å². The van der Waals surface area contributed by atoms with Crippen molar-refractivity contribution in [2.45, 2.75) is 19.1 Å². The SMILES string of the molecule is Cc1cccc(N2C(=O)[C@H]3[C@@H](c4sc(=O)n(-c5ccccc5)c4Cl)N(c4ccccc4)O[C@H]3C2=O)c1. The molecule has 0 aliphatic carbocycles. The molecule has 0 unspecified atom stereocenters. The van der Waals surface area contributed by atoms with Gasteiger partial charge in [0.2, 0.25) is 5.91 Å². The van der Waals surface area contributed by atoms with Crippen LogP contribution in [0.25, 0.3) is 5.69 Å². The highest BCUT2D eigenvalue weighted by Crippen LogP contribution is 2.50. The zero-order valence-electron chi connectivity index (χ0n) is 19.1. The Kier molecular flexibility index (Phi) is 5.52. The third-order valence-electron chi connectivity index (χ3n) is 6.45. The number of aromatic nitrogens is 1. The summed E-state index contributed by atoms with van der Waals surface area (Å²) in [5.74, 6) is -1.70. The van der Waals surface area contributed by atoms with Gasteiger partial charge in [0.1, 0.15) is 17.1 Å². The third kappa shape index (κ3) is 3.49. The van der Waals surface area contributed by atoms with Crippen molar-refractivity contribution in [3.05, 3.63) is 110 Å². The zero-order chi connectivity index (χ0) is 25.0. The van der Waals surface area contributed by atoms with Gasteiger partial charge in [0.25, 0.3) is 5.91 Å². The Bertz CT molecular complexity index is 1540. The second-order valence-corrected chi connectivity index (χ2v) is 10.1. The van der Waals surface area contributed by atoms with Gasteiger partial charge in [-0.1, -0.05) is 71.5 Å². The van der Waals surface area contributed by atoms with Crippen molar-refractivity contribution < 1.29 is 14.4 Å². The topological polar surface area (TPSA) is 71.8 Å². The summed E-state index contributed by atoms with van der Waals surface area (Å²) in [6.07, 6.45) is -1.04. The minimum absolute atomic E-state index is 0.195. The number of para-hydroxylation sites is 2. The molecule has 6 rings (SSSR count). The fraction of sp³-hybridized carbons (Fsp3) is 0.148. The summed E-state index contributed by atoms with van der Waals surface area (Å²) in [5.41, 5.74) is 2.69. The normalized spacial score (nSPS) is 21.3. The molecule has 2 fully saturated rings. The van der Waals surface area contributed by atoms with Crippen molar-refractivity contribution in [2.75, 3.05) is 9.96 Å². The lowest BCUT2D eigenvalue weighted by molar-refractivity contribution is -0.126. The van der Waals surface area contributed by atoms with E-state index in [2.05, 4.69) is 0 Å². The van der Waals surface area contributed by atoms with Gasteiger partial charge in [-0.05, 0) is 48.9 Å². The van der Waals surface area contributed by atoms with Gasteiger partial charge in [-0.3, -0.25) is 23.8 Å². The molecule has 0 radical (unpaired) electrons. The first-order valence-electron chi connectivity index (χ1n) is 11.4. The molecule has 3 aromatic carbocycles. The first-order chi connectivity index (χ1) is 17.5. The summed E-state index contributed by atoms with van der Waals surface area (Å²) >= 11 is 7.78. The van der Waals surface area contributed by atoms with Crippen LogP contribution in [0.4, 0.5) is 11.4 Å². The van der Waals surface area contributed by atoms with Crippen LogP contribution in [-0.4, -0.2) is 22.5 Å². The van der Waals surface area contributed by atoms with Gasteiger partial charge in [-0.2, -0.15) is 0 Å². The number of nitrogens with zero attached hydrogens (tertiary/aromatic N) is 3. The number of carbonyl (C=O) groups is 2. The standard InChI is InChI=1S/C27H20ClN3O4S/c1-16-9-8-14-19(15-16)30-25(32)20-21(31(35-22(20)26(30)33)18-12-6-3-7-13-18)23-24(28)29(27(34)36-23)17-10-4-2-5-11-17/h2-15,20-22H,1H3/t20-,21-,22+/m0/s1. The number of halogens is 1. The van der Waals surface area contributed by atoms with Crippen LogP contribution in [0.3, 0.4) is 0 Å². The molecular formula is C27H20ClN3O4S. The maximum absolute atomic E-state index is 13.8. The van der Waals surface area contributed by atoms with Gasteiger partial charge in [-0.15, -0.1) is 0 Å². The fourth-order valence-electron chi connectivity index (χ4n) is 4.85. The highest BCUT2D eigenvalue weighted by atomic mass is 35.5. The highest BCUT2D eigenvalue weighted by molar-refractivity contribution is 7.10. The summed E-state index contributed by atoms with van der Waals surface area (Å²) in [4.78, 5) is 47.9. The van der Waals surface area contributed by atoms with Crippen LogP contribution in [0, 0.1) is 12.8 Å². The Hall–Kier alpha value is -3.72. The van der Waals surface area contributed by atoms with E-state index in [1.807, 2.05) is 61.5 Å². The number of hydrogen-bond donors (Lipinski definition) is 0. The van der Waals surface area contributed by atoms with Gasteiger partial charge in [0, 0.05) is 0 Å². The first kappa shape index (κ1) is 22.7. The molecule has 1 aromatic heterocycles. The number of hydrogen-bond acceptors (Lipinski definition) is 6. The number of aryl methyl sites for hydroxylation is 1. The number of fused-ring (bicyclic) bond motifs is 1. The first-order valence-corrected chi connectivity index (χ1v) is 12.6. The minimum Gasteiger partial charge on any atom is -0.273 e. The van der Waals surface area contributed by atoms with Crippen molar-refractivity contribution in [1.82, 2.24) is 4.57 Å². The predicted molar refractivity (Wildman–Crippen MR) is 139 cm³/mol. The van der Waals surface area contributed by atoms with E-state index in [1.165, 1.54) is 9.47 Å². The molecule has 4 aromatic rings. The molecule has 0 spiro atoms. The van der Waals surface area contributed by atoms with Crippen LogP contribution in [0.5, 0.6) is 0 Å². The van der Waals surface area contributed by atoms with E-state index in [0.29, 0.717) is 21.9 Å². The number of carbonyl (C=O) groups excluding carboxylic acids is 2. The molecule has 3 heterocycles. The lowest BCUT2D eigenvalue weighted by atomic mass is 9.95. The number of thiazole rings is 1. The quantitative estimate of drug-likeness (QED) is 0.360. The average Bonchev–Trinajstić information content (AvgIpc) is 3.49. The summed E-state index contributed by atoms with van der Waals surface area (Å²) in [6.45, 7) is 1.90. The van der Waals surface area contributed by atoms with Crippen LogP contribution in [0.2, 0.25) is 5.15 Å². The van der Waals surface area contributed by atoms with E-state index in [4.69, 9.17) is 16.4 Å². The van der Waals surface area contributed by atoms with Gasteiger partial charge >= 0.3 is 4.87 Å². The van der Waals surface area contributed by atoms with Gasteiger partial charge < -0.3 is 0 Å². The monoisotopic (exact) mass is 517 g/mol. The molecule has 0 N–H and O–H groups in total. The molecule has 180 valence electrons. The number of hydroxylamine groups is 1. The minimum atomic E-state index is -1.04. The molecule has 2 amide bonds. The Morgan fingerprint density at radius 3 is 2.11 bits per heavy atom. The van der Waals surface area contributed by atoms with Crippen molar-refractivity contribution in [2.24, 2.45) is 5.92 Å². The molecule has 2 saturated heterocycles. The van der Waals surface area contributed by atoms with Gasteiger partial charge in [-0.25, -0.2) is 9.96 Å². The van der Waals surface area contributed by atoms with E-state index < -0.39 is 24.0 Å². The van der Waals surface area contributed by atoms with Crippen molar-refractivity contribution in [1.29, 1.82) is 0 Å². The van der Waals surface area contributed by atoms with Gasteiger partial charge in [0.15, 0.2) is 6.10 Å². The second-order valence-electron chi connectivity index (χ2n) is 8.70. The van der Waals surface area contributed by atoms with E-state index in [1.54, 1.807) is 35.4 Å². The van der Waals surface area contributed by atoms with Crippen molar-refractivity contribution >= 4 is 46.1 Å². The summed E-state index contributed by atoms with van der Waals surface area (Å²) in [5, 5.41) is 1.74. The van der Waals surface area contributed by atoms with E-state index >= 15 is 0 Å². The molecule has 2 aliphatic rings. The number of imide groups is 1. The summed E-state index contributed by atoms with van der Waals surface area (Å²) < 4.78 is 1.41. The number of anilines is 2. The molecule has 0 saturated carbocycles. The van der Waals surface area contributed by atoms with Crippen LogP contribution in [-0.2, 0) is 14.4 Å². The van der Waals surface area contributed by atoms with Gasteiger partial charge in [0.05, 0.1) is 21.9 Å². The molecule has 2 aliphatic heterocycles. The van der Waals surface area contributed by atoms with Crippen LogP contribution < -0.4 is 14.8 Å². The second kappa shape index (κ2) is 8.74. The Morgan fingerprint density at radius 1 is 0.806 bits per heavy atom. The van der Waals surface area contributed by atoms with E-state index in [0.717, 1.165) is 16.9 Å². The molecule has 9 heteroatoms. The zero-order valence-corrected chi connectivity index (χ0v) is 20.6. The number of benzene rings is 3. The molecule has 36 heavy (non-hydrogen) atoms. The molecular weight excluding hydrogens is 498 g/mol. The highest BCUT2D eigenvalue weighted by Gasteiger charge is 2.61. The largest absolute Gasteiger partial charge is 0.313 e. The third-order valence-corrected chi connectivity index (χ3v) is 7.95. The smallest absolute Gasteiger partial charge is 0.273 e. The van der Waals surface area contributed by atoms with Crippen LogP contribution >= 0.6 is 22.9 Å². The Labute approximate surface area is 215 Å². The van der Waals surface area contributed by atoms with Crippen LogP contribution in [0.1, 0.15) is 16.5 Å². The number of amides is 2. The van der Waals surface area contributed by atoms with E-state index in [-0.39, 0.29) is 15.9 Å². The Balaban J connectivity index is 1.49. The Morgan fingerprint density at radius 2 is 1.44 bits per heavy atom. The average molecular weight is 518 g/mol. The fourth-order valence-corrected chi connectivity index (χ4v) is 6.32.